The SMILES string of the molecule is COc1ccc(S(=O)(=O)N2C[C@H](C(=O)NCCc3ccc(Cl)cc3)Oc3ccc(C(C)(C)C)cc32)cc1. The lowest BCUT2D eigenvalue weighted by Gasteiger charge is -2.36. The second kappa shape index (κ2) is 10.6. The summed E-state index contributed by atoms with van der Waals surface area (Å²) in [5, 5.41) is 3.52. The number of anilines is 1. The summed E-state index contributed by atoms with van der Waals surface area (Å²) >= 11 is 5.94. The van der Waals surface area contributed by atoms with Gasteiger partial charge in [0, 0.05) is 11.6 Å². The molecule has 37 heavy (non-hydrogen) atoms. The van der Waals surface area contributed by atoms with Gasteiger partial charge in [-0.3, -0.25) is 9.10 Å². The van der Waals surface area contributed by atoms with Crippen LogP contribution in [0.15, 0.2) is 71.6 Å². The molecule has 196 valence electrons. The molecule has 1 aliphatic rings. The van der Waals surface area contributed by atoms with Crippen molar-refractivity contribution in [1.29, 1.82) is 0 Å². The topological polar surface area (TPSA) is 84.9 Å². The van der Waals surface area contributed by atoms with Gasteiger partial charge in [0.15, 0.2) is 6.10 Å². The maximum absolute atomic E-state index is 13.8. The standard InChI is InChI=1S/C28H31ClN2O5S/c1-28(2,3)20-7-14-25-24(17-20)31(37(33,34)23-12-10-22(35-4)11-13-23)18-26(36-25)27(32)30-16-15-19-5-8-21(29)9-6-19/h5-14,17,26H,15-16,18H2,1-4H3,(H,30,32)/t26-/m1/s1. The summed E-state index contributed by atoms with van der Waals surface area (Å²) in [6.45, 7) is 6.39. The van der Waals surface area contributed by atoms with Gasteiger partial charge < -0.3 is 14.8 Å². The molecule has 1 aliphatic heterocycles. The van der Waals surface area contributed by atoms with Crippen molar-refractivity contribution in [3.63, 3.8) is 0 Å². The molecule has 1 atom stereocenters. The van der Waals surface area contributed by atoms with Crippen molar-refractivity contribution in [2.45, 2.75) is 43.6 Å². The molecule has 3 aromatic carbocycles. The van der Waals surface area contributed by atoms with Crippen molar-refractivity contribution in [3.8, 4) is 11.5 Å². The lowest BCUT2D eigenvalue weighted by molar-refractivity contribution is -0.127. The average molecular weight is 543 g/mol. The van der Waals surface area contributed by atoms with Crippen LogP contribution in [-0.2, 0) is 26.7 Å². The summed E-state index contributed by atoms with van der Waals surface area (Å²) in [6.07, 6.45) is -0.402. The summed E-state index contributed by atoms with van der Waals surface area (Å²) < 4.78 is 40.0. The Morgan fingerprint density at radius 2 is 1.76 bits per heavy atom. The zero-order valence-corrected chi connectivity index (χ0v) is 22.9. The van der Waals surface area contributed by atoms with E-state index in [1.165, 1.54) is 23.5 Å². The van der Waals surface area contributed by atoms with Crippen molar-refractivity contribution in [3.05, 3.63) is 82.9 Å². The molecule has 0 aliphatic carbocycles. The van der Waals surface area contributed by atoms with Gasteiger partial charge in [0.2, 0.25) is 0 Å². The maximum atomic E-state index is 13.8. The molecule has 3 aromatic rings. The predicted molar refractivity (Wildman–Crippen MR) is 145 cm³/mol. The van der Waals surface area contributed by atoms with Gasteiger partial charge in [-0.25, -0.2) is 8.42 Å². The summed E-state index contributed by atoms with van der Waals surface area (Å²) in [7, 11) is -2.47. The van der Waals surface area contributed by atoms with Gasteiger partial charge in [0.1, 0.15) is 11.5 Å². The number of ether oxygens (including phenoxy) is 2. The molecule has 0 saturated carbocycles. The van der Waals surface area contributed by atoms with Gasteiger partial charge in [-0.1, -0.05) is 50.6 Å². The highest BCUT2D eigenvalue weighted by Gasteiger charge is 2.38. The Morgan fingerprint density at radius 3 is 2.38 bits per heavy atom. The Bertz CT molecular complexity index is 1370. The van der Waals surface area contributed by atoms with E-state index in [1.807, 2.05) is 24.3 Å². The first-order valence-corrected chi connectivity index (χ1v) is 13.8. The molecule has 1 heterocycles. The number of rotatable bonds is 7. The lowest BCUT2D eigenvalue weighted by Crippen LogP contribution is -2.51. The fraction of sp³-hybridized carbons (Fsp3) is 0.321. The number of sulfonamides is 1. The Hall–Kier alpha value is -3.23. The Morgan fingerprint density at radius 1 is 1.08 bits per heavy atom. The third-order valence-electron chi connectivity index (χ3n) is 6.26. The molecule has 1 N–H and O–H groups in total. The second-order valence-electron chi connectivity index (χ2n) is 9.92. The van der Waals surface area contributed by atoms with Gasteiger partial charge in [-0.15, -0.1) is 0 Å². The number of hydrogen-bond acceptors (Lipinski definition) is 5. The quantitative estimate of drug-likeness (QED) is 0.456. The number of hydrogen-bond donors (Lipinski definition) is 1. The van der Waals surface area contributed by atoms with Gasteiger partial charge >= 0.3 is 0 Å². The molecular weight excluding hydrogens is 512 g/mol. The van der Waals surface area contributed by atoms with E-state index >= 15 is 0 Å². The maximum Gasteiger partial charge on any atom is 0.264 e. The molecule has 1 amide bonds. The number of carbonyl (C=O) groups excluding carboxylic acids is 1. The first kappa shape index (κ1) is 26.8. The Labute approximate surface area is 223 Å². The second-order valence-corrected chi connectivity index (χ2v) is 12.2. The summed E-state index contributed by atoms with van der Waals surface area (Å²) in [5.41, 5.74) is 2.18. The average Bonchev–Trinajstić information content (AvgIpc) is 2.88. The number of amides is 1. The zero-order valence-electron chi connectivity index (χ0n) is 21.3. The molecule has 0 unspecified atom stereocenters. The van der Waals surface area contributed by atoms with E-state index in [1.54, 1.807) is 30.3 Å². The van der Waals surface area contributed by atoms with Crippen molar-refractivity contribution in [1.82, 2.24) is 5.32 Å². The van der Waals surface area contributed by atoms with Crippen LogP contribution in [-0.4, -0.2) is 40.6 Å². The van der Waals surface area contributed by atoms with E-state index in [-0.39, 0.29) is 22.8 Å². The van der Waals surface area contributed by atoms with Crippen LogP contribution in [0, 0.1) is 0 Å². The molecule has 0 spiro atoms. The van der Waals surface area contributed by atoms with Crippen LogP contribution in [0.25, 0.3) is 0 Å². The lowest BCUT2D eigenvalue weighted by atomic mass is 9.86. The highest BCUT2D eigenvalue weighted by molar-refractivity contribution is 7.92. The summed E-state index contributed by atoms with van der Waals surface area (Å²) in [6, 6.07) is 19.1. The summed E-state index contributed by atoms with van der Waals surface area (Å²) in [4.78, 5) is 13.2. The summed E-state index contributed by atoms with van der Waals surface area (Å²) in [5.74, 6) is 0.512. The van der Waals surface area contributed by atoms with Crippen molar-refractivity contribution >= 4 is 33.2 Å². The van der Waals surface area contributed by atoms with Crippen molar-refractivity contribution < 1.29 is 22.7 Å². The molecule has 9 heteroatoms. The van der Waals surface area contributed by atoms with Crippen molar-refractivity contribution in [2.24, 2.45) is 0 Å². The van der Waals surface area contributed by atoms with Crippen LogP contribution in [0.5, 0.6) is 11.5 Å². The van der Waals surface area contributed by atoms with Crippen LogP contribution >= 0.6 is 11.6 Å². The van der Waals surface area contributed by atoms with E-state index in [4.69, 9.17) is 21.1 Å². The van der Waals surface area contributed by atoms with Crippen LogP contribution in [0.3, 0.4) is 0 Å². The molecule has 4 rings (SSSR count). The number of nitrogens with zero attached hydrogens (tertiary/aromatic N) is 1. The normalized spacial score (nSPS) is 15.5. The third-order valence-corrected chi connectivity index (χ3v) is 8.31. The van der Waals surface area contributed by atoms with Gasteiger partial charge in [0.25, 0.3) is 15.9 Å². The Kier molecular flexibility index (Phi) is 7.71. The number of fused-ring (bicyclic) bond motifs is 1. The molecular formula is C28H31ClN2O5S. The number of benzene rings is 3. The first-order valence-electron chi connectivity index (χ1n) is 12.0. The van der Waals surface area contributed by atoms with Gasteiger partial charge in [-0.05, 0) is 71.5 Å². The zero-order chi connectivity index (χ0) is 26.8. The van der Waals surface area contributed by atoms with Crippen LogP contribution in [0.1, 0.15) is 31.9 Å². The molecule has 0 radical (unpaired) electrons. The minimum absolute atomic E-state index is 0.101. The van der Waals surface area contributed by atoms with E-state index < -0.39 is 16.1 Å². The number of methoxy groups -OCH3 is 1. The highest BCUT2D eigenvalue weighted by Crippen LogP contribution is 2.40. The molecule has 0 fully saturated rings. The van der Waals surface area contributed by atoms with Crippen molar-refractivity contribution in [2.75, 3.05) is 24.5 Å². The molecule has 7 nitrogen and oxygen atoms in total. The fourth-order valence-corrected chi connectivity index (χ4v) is 5.65. The molecule has 0 bridgehead atoms. The first-order chi connectivity index (χ1) is 17.5. The van der Waals surface area contributed by atoms with E-state index in [0.29, 0.717) is 35.2 Å². The third kappa shape index (κ3) is 6.02. The molecule has 0 saturated heterocycles. The van der Waals surface area contributed by atoms with Crippen LogP contribution in [0.2, 0.25) is 5.02 Å². The number of halogens is 1. The van der Waals surface area contributed by atoms with Crippen LogP contribution in [0.4, 0.5) is 5.69 Å². The smallest absolute Gasteiger partial charge is 0.264 e. The van der Waals surface area contributed by atoms with Gasteiger partial charge in [0.05, 0.1) is 24.2 Å². The van der Waals surface area contributed by atoms with E-state index in [2.05, 4.69) is 26.1 Å². The highest BCUT2D eigenvalue weighted by atomic mass is 35.5. The number of nitrogens with one attached hydrogen (secondary N) is 1. The number of carbonyl (C=O) groups is 1. The fourth-order valence-electron chi connectivity index (χ4n) is 4.05. The van der Waals surface area contributed by atoms with Crippen LogP contribution < -0.4 is 19.1 Å². The monoisotopic (exact) mass is 542 g/mol. The predicted octanol–water partition coefficient (Wildman–Crippen LogP) is 4.96. The largest absolute Gasteiger partial charge is 0.497 e. The van der Waals surface area contributed by atoms with E-state index in [9.17, 15) is 13.2 Å². The van der Waals surface area contributed by atoms with Gasteiger partial charge in [-0.2, -0.15) is 0 Å². The Balaban J connectivity index is 1.61. The minimum Gasteiger partial charge on any atom is -0.497 e. The minimum atomic E-state index is -3.99. The van der Waals surface area contributed by atoms with E-state index in [0.717, 1.165) is 11.1 Å². The molecule has 0 aromatic heterocycles.